The lowest BCUT2D eigenvalue weighted by Crippen LogP contribution is -2.20. The highest BCUT2D eigenvalue weighted by Crippen LogP contribution is 2.43. The van der Waals surface area contributed by atoms with Gasteiger partial charge in [-0.25, -0.2) is 0 Å². The molecule has 6 nitrogen and oxygen atoms in total. The fraction of sp³-hybridized carbons (Fsp3) is 0.320. The molecule has 0 saturated heterocycles. The van der Waals surface area contributed by atoms with E-state index in [9.17, 15) is 10.1 Å². The maximum absolute atomic E-state index is 11.7. The average molecular weight is 420 g/mol. The van der Waals surface area contributed by atoms with Crippen molar-refractivity contribution in [2.75, 3.05) is 6.54 Å². The molecule has 0 radical (unpaired) electrons. The number of Topliss-reactive ketones (excluding diaryl/α,β-unsaturated/α-hetero) is 1. The molecule has 162 valence electrons. The Hall–Kier alpha value is -3.59. The number of primary amides is 1. The van der Waals surface area contributed by atoms with Crippen LogP contribution in [0.5, 0.6) is 0 Å². The largest absolute Gasteiger partial charge is 0.450 e. The van der Waals surface area contributed by atoms with Crippen LogP contribution in [0.15, 0.2) is 71.9 Å². The topological polar surface area (TPSA) is 105 Å². The third-order valence-corrected chi connectivity index (χ3v) is 5.34. The number of hydrogen-bond acceptors (Lipinski definition) is 5. The fourth-order valence-electron chi connectivity index (χ4n) is 3.52. The van der Waals surface area contributed by atoms with Gasteiger partial charge in [0.05, 0.1) is 5.70 Å². The number of nitrogens with zero attached hydrogens (tertiary/aromatic N) is 1. The molecular formula is C25H29N3O3. The van der Waals surface area contributed by atoms with Crippen LogP contribution < -0.4 is 11.1 Å². The van der Waals surface area contributed by atoms with Crippen molar-refractivity contribution in [3.05, 3.63) is 83.0 Å². The Bertz CT molecular complexity index is 965. The third-order valence-electron chi connectivity index (χ3n) is 5.34. The van der Waals surface area contributed by atoms with E-state index >= 15 is 0 Å². The van der Waals surface area contributed by atoms with Crippen LogP contribution in [0.25, 0.3) is 0 Å². The molecule has 0 aromatic heterocycles. The first-order chi connectivity index (χ1) is 14.8. The number of nitriles is 1. The molecule has 1 heterocycles. The van der Waals surface area contributed by atoms with E-state index in [2.05, 4.69) is 55.4 Å². The Labute approximate surface area is 183 Å². The van der Waals surface area contributed by atoms with Gasteiger partial charge in [0, 0.05) is 13.5 Å². The third kappa shape index (κ3) is 6.71. The molecule has 2 aliphatic rings. The summed E-state index contributed by atoms with van der Waals surface area (Å²) in [7, 11) is 0. The van der Waals surface area contributed by atoms with Crippen LogP contribution in [0, 0.1) is 30.1 Å². The van der Waals surface area contributed by atoms with E-state index in [1.807, 2.05) is 6.07 Å². The molecule has 1 aromatic carbocycles. The monoisotopic (exact) mass is 419 g/mol. The lowest BCUT2D eigenvalue weighted by atomic mass is 10.0. The predicted molar refractivity (Wildman–Crippen MR) is 120 cm³/mol. The van der Waals surface area contributed by atoms with Crippen molar-refractivity contribution in [2.24, 2.45) is 17.6 Å². The summed E-state index contributed by atoms with van der Waals surface area (Å²) in [4.78, 5) is 20.3. The number of ether oxygens (including phenoxy) is 1. The van der Waals surface area contributed by atoms with Crippen LogP contribution in [0.2, 0.25) is 0 Å². The molecule has 6 heteroatoms. The summed E-state index contributed by atoms with van der Waals surface area (Å²) in [5.41, 5.74) is 8.13. The van der Waals surface area contributed by atoms with E-state index in [0.717, 1.165) is 31.2 Å². The van der Waals surface area contributed by atoms with Crippen LogP contribution in [0.4, 0.5) is 0 Å². The van der Waals surface area contributed by atoms with E-state index in [-0.39, 0.29) is 23.5 Å². The second-order valence-corrected chi connectivity index (χ2v) is 7.78. The van der Waals surface area contributed by atoms with Crippen molar-refractivity contribution in [3.63, 3.8) is 0 Å². The van der Waals surface area contributed by atoms with Gasteiger partial charge in [0.1, 0.15) is 11.6 Å². The van der Waals surface area contributed by atoms with Gasteiger partial charge in [-0.1, -0.05) is 43.0 Å². The minimum Gasteiger partial charge on any atom is -0.450 e. The average Bonchev–Trinajstić information content (AvgIpc) is 3.47. The summed E-state index contributed by atoms with van der Waals surface area (Å²) in [6.07, 6.45) is 5.38. The van der Waals surface area contributed by atoms with Crippen molar-refractivity contribution in [3.8, 4) is 6.07 Å². The number of benzene rings is 1. The molecule has 0 bridgehead atoms. The summed E-state index contributed by atoms with van der Waals surface area (Å²) in [6.45, 7) is 12.1. The summed E-state index contributed by atoms with van der Waals surface area (Å²) in [5.74, 6) is 1.67. The highest BCUT2D eigenvalue weighted by Gasteiger charge is 2.36. The summed E-state index contributed by atoms with van der Waals surface area (Å²) in [5, 5.41) is 12.5. The highest BCUT2D eigenvalue weighted by molar-refractivity contribution is 5.94. The van der Waals surface area contributed by atoms with Gasteiger partial charge in [-0.15, -0.1) is 0 Å². The predicted octanol–water partition coefficient (Wildman–Crippen LogP) is 3.61. The molecule has 1 aromatic rings. The van der Waals surface area contributed by atoms with E-state index < -0.39 is 0 Å². The molecule has 31 heavy (non-hydrogen) atoms. The van der Waals surface area contributed by atoms with Crippen molar-refractivity contribution in [2.45, 2.75) is 33.1 Å². The first-order valence-corrected chi connectivity index (χ1v) is 10.2. The number of carbonyl (C=O) groups excluding carboxylic acids is 2. The zero-order valence-electron chi connectivity index (χ0n) is 18.1. The Morgan fingerprint density at radius 2 is 2.00 bits per heavy atom. The summed E-state index contributed by atoms with van der Waals surface area (Å²) in [6, 6.07) is 10.8. The van der Waals surface area contributed by atoms with E-state index in [1.54, 1.807) is 6.08 Å². The van der Waals surface area contributed by atoms with Gasteiger partial charge < -0.3 is 15.8 Å². The van der Waals surface area contributed by atoms with Gasteiger partial charge in [-0.2, -0.15) is 5.26 Å². The Balaban J connectivity index is 0.00000107. The SMILES string of the molecule is C=C1C=C(C(=C)NCCC2CC2Cc2ccc(C)cc2)OC(C(C)=O)=C1C#N.NC=O. The van der Waals surface area contributed by atoms with Crippen LogP contribution in [0.3, 0.4) is 0 Å². The smallest absolute Gasteiger partial charge is 0.204 e. The second kappa shape index (κ2) is 11.0. The van der Waals surface area contributed by atoms with Gasteiger partial charge in [-0.3, -0.25) is 9.59 Å². The van der Waals surface area contributed by atoms with E-state index in [1.165, 1.54) is 24.5 Å². The van der Waals surface area contributed by atoms with Gasteiger partial charge in [0.25, 0.3) is 0 Å². The lowest BCUT2D eigenvalue weighted by molar-refractivity contribution is -0.116. The Kier molecular flexibility index (Phi) is 8.39. The Morgan fingerprint density at radius 3 is 2.58 bits per heavy atom. The van der Waals surface area contributed by atoms with Crippen LogP contribution in [0.1, 0.15) is 30.9 Å². The van der Waals surface area contributed by atoms with E-state index in [4.69, 9.17) is 9.53 Å². The first-order valence-electron chi connectivity index (χ1n) is 10.2. The number of ketones is 1. The normalized spacial score (nSPS) is 19.1. The second-order valence-electron chi connectivity index (χ2n) is 7.78. The minimum atomic E-state index is -0.298. The molecule has 1 aliphatic carbocycles. The van der Waals surface area contributed by atoms with E-state index in [0.29, 0.717) is 17.0 Å². The summed E-state index contributed by atoms with van der Waals surface area (Å²) < 4.78 is 5.61. The fourth-order valence-corrected chi connectivity index (χ4v) is 3.52. The molecule has 1 amide bonds. The van der Waals surface area contributed by atoms with Crippen molar-refractivity contribution >= 4 is 12.2 Å². The van der Waals surface area contributed by atoms with Crippen LogP contribution >= 0.6 is 0 Å². The molecule has 1 fully saturated rings. The molecule has 1 aliphatic heterocycles. The van der Waals surface area contributed by atoms with Gasteiger partial charge >= 0.3 is 0 Å². The molecular weight excluding hydrogens is 390 g/mol. The maximum Gasteiger partial charge on any atom is 0.204 e. The molecule has 1 saturated carbocycles. The molecule has 2 atom stereocenters. The van der Waals surface area contributed by atoms with Gasteiger partial charge in [-0.05, 0) is 55.2 Å². The maximum atomic E-state index is 11.7. The molecule has 3 N–H and O–H groups in total. The molecule has 0 spiro atoms. The van der Waals surface area contributed by atoms with Crippen LogP contribution in [-0.2, 0) is 20.7 Å². The first kappa shape index (κ1) is 23.7. The number of nitrogens with two attached hydrogens (primary N) is 1. The molecule has 3 rings (SSSR count). The number of allylic oxidation sites excluding steroid dienone is 4. The Morgan fingerprint density at radius 1 is 1.35 bits per heavy atom. The lowest BCUT2D eigenvalue weighted by Gasteiger charge is -2.20. The zero-order valence-corrected chi connectivity index (χ0v) is 18.1. The number of aryl methyl sites for hydroxylation is 1. The van der Waals surface area contributed by atoms with Gasteiger partial charge in [0.2, 0.25) is 6.41 Å². The number of rotatable bonds is 8. The number of amides is 1. The highest BCUT2D eigenvalue weighted by atomic mass is 16.5. The molecule has 2 unspecified atom stereocenters. The minimum absolute atomic E-state index is 0.0355. The zero-order chi connectivity index (χ0) is 23.0. The number of carbonyl (C=O) groups is 2. The van der Waals surface area contributed by atoms with Gasteiger partial charge in [0.15, 0.2) is 17.3 Å². The van der Waals surface area contributed by atoms with Crippen molar-refractivity contribution in [1.29, 1.82) is 5.26 Å². The number of hydrogen-bond donors (Lipinski definition) is 2. The van der Waals surface area contributed by atoms with Crippen molar-refractivity contribution < 1.29 is 14.3 Å². The van der Waals surface area contributed by atoms with Crippen molar-refractivity contribution in [1.82, 2.24) is 5.32 Å². The van der Waals surface area contributed by atoms with Crippen LogP contribution in [-0.4, -0.2) is 18.7 Å². The number of nitrogens with one attached hydrogen (secondary N) is 1. The summed E-state index contributed by atoms with van der Waals surface area (Å²) >= 11 is 0. The quantitative estimate of drug-likeness (QED) is 0.626. The standard InChI is InChI=1S/C24H26N2O2.CH3NO/c1-15-5-7-19(8-6-15)12-21-13-20(21)9-10-26-17(3)23-11-16(2)22(14-25)24(28-23)18(4)27;2-1-3/h5-8,11,20-21,26H,2-3,9-10,12-13H2,1,4H3;1H,(H2,2,3).